The molecular formula is C70H53F21I10N7O31S7-7. The number of hydrogen-bond donors (Lipinski definition) is 3. The molecule has 38 nitrogen and oxygen atoms in total. The Bertz CT molecular complexity index is 6430. The first kappa shape index (κ1) is 139. The summed E-state index contributed by atoms with van der Waals surface area (Å²) in [5.74, 6) is -7.06. The van der Waals surface area contributed by atoms with Crippen LogP contribution in [-0.4, -0.2) is 247 Å². The van der Waals surface area contributed by atoms with E-state index in [4.69, 9.17) is 4.74 Å². The normalized spacial score (nSPS) is 12.2. The number of carbonyl (C=O) groups is 7. The number of hydrogen-bond acceptors (Lipinski definition) is 31. The lowest BCUT2D eigenvalue weighted by Crippen LogP contribution is -2.23. The largest absolute Gasteiger partial charge is 0.538 e. The molecule has 76 heteroatoms. The summed E-state index contributed by atoms with van der Waals surface area (Å²) in [6.45, 7) is -9.95. The van der Waals surface area contributed by atoms with Crippen LogP contribution >= 0.6 is 226 Å². The van der Waals surface area contributed by atoms with E-state index in [0.717, 1.165) is 14.3 Å². The molecule has 0 spiro atoms. The van der Waals surface area contributed by atoms with Crippen LogP contribution in [0.3, 0.4) is 0 Å². The quantitative estimate of drug-likeness (QED) is 0.00829. The average molecular weight is 3380 g/mol. The minimum absolute atomic E-state index is 0.171. The fourth-order valence-electron chi connectivity index (χ4n) is 7.74. The summed E-state index contributed by atoms with van der Waals surface area (Å²) < 4.78 is 456. The first-order chi connectivity index (χ1) is 66.4. The van der Waals surface area contributed by atoms with E-state index >= 15 is 0 Å². The van der Waals surface area contributed by atoms with E-state index in [0.29, 0.717) is 21.4 Å². The van der Waals surface area contributed by atoms with Crippen LogP contribution in [0.4, 0.5) is 92.2 Å². The van der Waals surface area contributed by atoms with Gasteiger partial charge in [0, 0.05) is 32.1 Å². The van der Waals surface area contributed by atoms with Crippen LogP contribution in [0.1, 0.15) is 72.5 Å². The number of phenols is 3. The molecule has 820 valence electrons. The number of nitrogens with zero attached hydrogens (tertiary/aromatic N) is 7. The molecule has 0 amide bonds. The molecule has 0 atom stereocenters. The summed E-state index contributed by atoms with van der Waals surface area (Å²) in [7, 11) is -38.9. The van der Waals surface area contributed by atoms with Crippen molar-refractivity contribution in [2.24, 2.45) is 0 Å². The predicted octanol–water partition coefficient (Wildman–Crippen LogP) is 19.6. The van der Waals surface area contributed by atoms with Crippen molar-refractivity contribution in [1.29, 1.82) is 0 Å². The smallest absolute Gasteiger partial charge is 0.480 e. The van der Waals surface area contributed by atoms with Crippen LogP contribution in [-0.2, 0) is 103 Å². The van der Waals surface area contributed by atoms with Gasteiger partial charge in [0.25, 0.3) is 0 Å². The molecular weight excluding hydrogens is 3330 g/mol. The first-order valence-corrected chi connectivity index (χ1v) is 57.0. The maximum atomic E-state index is 12.0. The number of benzene rings is 7. The molecule has 0 bridgehead atoms. The van der Waals surface area contributed by atoms with Crippen molar-refractivity contribution in [2.45, 2.75) is 38.6 Å². The molecule has 0 aromatic heterocycles. The second kappa shape index (κ2) is 61.7. The van der Waals surface area contributed by atoms with Crippen LogP contribution in [0.15, 0.2) is 133 Å². The zero-order valence-corrected chi connectivity index (χ0v) is 97.4. The standard InChI is InChI=1S/C10H6F3I3NO4S.C10H7F3I2NO5S.2C10H8F3INO5S.3C10H8F3INO4S/c11-10(12,13)22(19,20)17-1-2-21-9(18)6-3-5(14)4-7(15)8(6)16;11-10(12,13)22(19,20)16-1-2-21-9(18)6-3-5(14)4-7(15)8(6)17;11-10(12,13)21(18,19)15-3-4-20-9(17)7-5-6(14)1-2-8(7)16;11-10(12,13)21(18,19)15-3-4-20-9(17)7-2-1-6(14)5-8(7)16;11-10(12,13)20(17,18)15-5-6-19-9(16)7-1-3-8(14)4-2-7;11-10(12,13)20(17,18)15-4-5-19-9(16)7-2-1-3-8(14)6-7;11-10(12,13)20(17,18)15-5-6-19-9(16)7-3-1-2-4-8(7)14/h3-4H,1-2H2;3-4H,1-2H2,(H,17,18);2*1-2,5H,3-4H2,(H,16,17);1-4H,5-6H2;1-3,6H,4-5H2;1-4H,5-6H2/q7*-1. The minimum atomic E-state index is -5.60. The van der Waals surface area contributed by atoms with Crippen LogP contribution in [0.5, 0.6) is 17.2 Å². The zero-order valence-electron chi connectivity index (χ0n) is 70.1. The SMILES string of the molecule is O=C(OCC[N-]S(=O)(=O)C(F)(F)F)c1cc(I)cc(I)c1I.O=C(OCC[N-]S(=O)(=O)C(F)(F)F)c1cc(I)cc(I)c1O.O=C(OCC[N-]S(=O)(=O)C(F)(F)F)c1cc(I)ccc1O.O=C(OCC[N-]S(=O)(=O)C(F)(F)F)c1ccc(I)cc1.O=C(OCC[N-]S(=O)(=O)C(F)(F)F)c1ccc(I)cc1O.O=C(OCC[N-]S(=O)(=O)C(F)(F)F)c1cccc(I)c1.O=C(OCC[N-]S(=O)(=O)C(F)(F)F)c1ccccc1I. The van der Waals surface area contributed by atoms with E-state index in [1.807, 2.05) is 209 Å². The monoisotopic (exact) mass is 3380 g/mol. The Hall–Kier alpha value is -4.57. The van der Waals surface area contributed by atoms with Crippen molar-refractivity contribution < 1.29 is 233 Å². The number of aromatic hydroxyl groups is 3. The number of sulfonamides is 7. The van der Waals surface area contributed by atoms with Gasteiger partial charge >= 0.3 is 80.3 Å². The van der Waals surface area contributed by atoms with Gasteiger partial charge in [0.05, 0.1) is 72.1 Å². The van der Waals surface area contributed by atoms with Crippen molar-refractivity contribution in [2.75, 3.05) is 92.1 Å². The Morgan fingerprint density at radius 1 is 0.233 bits per heavy atom. The number of carbonyl (C=O) groups excluding carboxylic acids is 7. The van der Waals surface area contributed by atoms with E-state index in [1.54, 1.807) is 77.2 Å². The van der Waals surface area contributed by atoms with Gasteiger partial charge < -0.3 is 81.5 Å². The van der Waals surface area contributed by atoms with Gasteiger partial charge in [-0.1, -0.05) is 18.2 Å². The molecule has 0 radical (unpaired) electrons. The second-order valence-corrected chi connectivity index (χ2v) is 48.5. The van der Waals surface area contributed by atoms with Gasteiger partial charge in [-0.15, -0.1) is 45.8 Å². The molecule has 7 aromatic rings. The Morgan fingerprint density at radius 3 is 0.836 bits per heavy atom. The number of rotatable bonds is 35. The molecule has 0 aliphatic carbocycles. The number of esters is 7. The van der Waals surface area contributed by atoms with Crippen LogP contribution in [0.2, 0.25) is 0 Å². The van der Waals surface area contributed by atoms with Gasteiger partial charge in [0.2, 0.25) is 0 Å². The lowest BCUT2D eigenvalue weighted by molar-refractivity contribution is -0.0433. The Balaban J connectivity index is 0.000000852. The molecule has 7 aromatic carbocycles. The maximum absolute atomic E-state index is 12.0. The number of phenolic OH excluding ortho intramolecular Hbond substituents is 3. The number of ether oxygens (including phenoxy) is 7. The van der Waals surface area contributed by atoms with Crippen molar-refractivity contribution >= 4 is 338 Å². The summed E-state index contributed by atoms with van der Waals surface area (Å²) >= 11 is 19.3. The third-order valence-electron chi connectivity index (χ3n) is 14.2. The zero-order chi connectivity index (χ0) is 113. The van der Waals surface area contributed by atoms with Gasteiger partial charge in [-0.2, -0.15) is 92.2 Å². The van der Waals surface area contributed by atoms with E-state index in [1.165, 1.54) is 72.8 Å². The molecule has 0 fully saturated rings. The Labute approximate surface area is 948 Å². The molecule has 146 heavy (non-hydrogen) atoms. The van der Waals surface area contributed by atoms with Gasteiger partial charge in [-0.3, -0.25) is 0 Å². The fraction of sp³-hybridized carbons (Fsp3) is 0.300. The summed E-state index contributed by atoms with van der Waals surface area (Å²) in [4.78, 5) is 81.0. The van der Waals surface area contributed by atoms with Crippen molar-refractivity contribution in [3.63, 3.8) is 0 Å². The Morgan fingerprint density at radius 2 is 0.500 bits per heavy atom. The lowest BCUT2D eigenvalue weighted by Gasteiger charge is -2.21. The van der Waals surface area contributed by atoms with E-state index in [2.05, 4.69) is 61.5 Å². The van der Waals surface area contributed by atoms with Crippen LogP contribution in [0, 0.1) is 35.7 Å². The van der Waals surface area contributed by atoms with E-state index in [9.17, 15) is 200 Å². The van der Waals surface area contributed by atoms with Crippen molar-refractivity contribution in [3.05, 3.63) is 241 Å². The van der Waals surface area contributed by atoms with E-state index < -0.39 is 243 Å². The first-order valence-electron chi connectivity index (χ1n) is 36.2. The molecule has 0 saturated carbocycles. The summed E-state index contributed by atoms with van der Waals surface area (Å²) in [6, 6.07) is 33.5. The molecule has 0 aliphatic rings. The molecule has 3 N–H and O–H groups in total. The second-order valence-electron chi connectivity index (χ2n) is 24.7. The molecule has 0 aliphatic heterocycles. The van der Waals surface area contributed by atoms with Crippen LogP contribution < -0.4 is 0 Å². The van der Waals surface area contributed by atoms with E-state index in [-0.39, 0.29) is 56.2 Å². The highest BCUT2D eigenvalue weighted by molar-refractivity contribution is 14.1. The van der Waals surface area contributed by atoms with Gasteiger partial charge in [-0.05, 0) is 341 Å². The van der Waals surface area contributed by atoms with Crippen molar-refractivity contribution in [1.82, 2.24) is 0 Å². The average Bonchev–Trinajstić information content (AvgIpc) is 0.834. The molecule has 0 saturated heterocycles. The predicted molar refractivity (Wildman–Crippen MR) is 552 cm³/mol. The highest BCUT2D eigenvalue weighted by Gasteiger charge is 2.44. The maximum Gasteiger partial charge on any atom is 0.480 e. The fourth-order valence-corrected chi connectivity index (χ4v) is 17.7. The van der Waals surface area contributed by atoms with Crippen LogP contribution in [0.25, 0.3) is 33.1 Å². The summed E-state index contributed by atoms with van der Waals surface area (Å²) in [5, 5.41) is 28.6. The third-order valence-corrected chi connectivity index (χ3v) is 30.7. The molecule has 7 rings (SSSR count). The molecule has 0 unspecified atom stereocenters. The van der Waals surface area contributed by atoms with Gasteiger partial charge in [-0.25, -0.2) is 92.5 Å². The topological polar surface area (TPSA) is 582 Å². The number of alkyl halides is 21. The summed E-state index contributed by atoms with van der Waals surface area (Å²) in [6.07, 6.45) is 0. The molecule has 0 heterocycles. The highest BCUT2D eigenvalue weighted by Crippen LogP contribution is 2.36. The third kappa shape index (κ3) is 49.9. The number of halogens is 31. The minimum Gasteiger partial charge on any atom is -0.538 e. The van der Waals surface area contributed by atoms with Crippen molar-refractivity contribution in [3.8, 4) is 17.2 Å². The summed E-state index contributed by atoms with van der Waals surface area (Å²) in [5.41, 5.74) is -37.8. The lowest BCUT2D eigenvalue weighted by atomic mass is 10.2. The Kier molecular flexibility index (Phi) is 58.9. The van der Waals surface area contributed by atoms with Gasteiger partial charge in [0.15, 0.2) is 70.2 Å². The van der Waals surface area contributed by atoms with Gasteiger partial charge in [0.1, 0.15) is 33.9 Å². The highest BCUT2D eigenvalue weighted by atomic mass is 127.